The van der Waals surface area contributed by atoms with Gasteiger partial charge < -0.3 is 20.1 Å². The molecule has 1 amide bonds. The van der Waals surface area contributed by atoms with Crippen LogP contribution in [0.2, 0.25) is 5.02 Å². The summed E-state index contributed by atoms with van der Waals surface area (Å²) in [6, 6.07) is 19.2. The molecule has 7 heteroatoms. The van der Waals surface area contributed by atoms with Crippen molar-refractivity contribution in [2.24, 2.45) is 5.92 Å². The monoisotopic (exact) mass is 544 g/mol. The van der Waals surface area contributed by atoms with Crippen molar-refractivity contribution >= 4 is 44.8 Å². The molecule has 0 spiro atoms. The van der Waals surface area contributed by atoms with E-state index >= 15 is 0 Å². The fourth-order valence-electron chi connectivity index (χ4n) is 3.32. The van der Waals surface area contributed by atoms with Crippen LogP contribution in [-0.2, 0) is 17.9 Å². The van der Waals surface area contributed by atoms with E-state index in [4.69, 9.17) is 21.1 Å². The zero-order valence-electron chi connectivity index (χ0n) is 19.7. The molecule has 0 aliphatic carbocycles. The molecule has 0 fully saturated rings. The predicted molar refractivity (Wildman–Crippen MR) is 143 cm³/mol. The molecule has 0 saturated heterocycles. The normalized spacial score (nSPS) is 10.8. The summed E-state index contributed by atoms with van der Waals surface area (Å²) in [7, 11) is 0. The average Bonchev–Trinajstić information content (AvgIpc) is 2.79. The lowest BCUT2D eigenvalue weighted by molar-refractivity contribution is -0.116. The Hall–Kier alpha value is -2.70. The van der Waals surface area contributed by atoms with Crippen molar-refractivity contribution in [3.05, 3.63) is 81.3 Å². The van der Waals surface area contributed by atoms with E-state index in [1.165, 1.54) is 0 Å². The molecule has 0 aliphatic heterocycles. The summed E-state index contributed by atoms with van der Waals surface area (Å²) in [5.74, 6) is 1.69. The lowest BCUT2D eigenvalue weighted by atomic mass is 10.1. The van der Waals surface area contributed by atoms with Crippen LogP contribution >= 0.6 is 27.5 Å². The van der Waals surface area contributed by atoms with E-state index in [0.29, 0.717) is 48.6 Å². The van der Waals surface area contributed by atoms with E-state index in [0.717, 1.165) is 27.0 Å². The smallest absolute Gasteiger partial charge is 0.224 e. The van der Waals surface area contributed by atoms with Gasteiger partial charge in [0.15, 0.2) is 11.5 Å². The third kappa shape index (κ3) is 7.96. The van der Waals surface area contributed by atoms with Crippen LogP contribution in [0.5, 0.6) is 11.5 Å². The number of halogens is 2. The largest absolute Gasteiger partial charge is 0.490 e. The molecule has 0 heterocycles. The highest BCUT2D eigenvalue weighted by Gasteiger charge is 2.12. The van der Waals surface area contributed by atoms with Crippen LogP contribution in [0.4, 0.5) is 11.4 Å². The van der Waals surface area contributed by atoms with Gasteiger partial charge in [0.1, 0.15) is 6.61 Å². The van der Waals surface area contributed by atoms with Gasteiger partial charge in [-0.2, -0.15) is 0 Å². The number of benzene rings is 3. The topological polar surface area (TPSA) is 59.6 Å². The Balaban J connectivity index is 1.67. The van der Waals surface area contributed by atoms with Crippen LogP contribution in [0.3, 0.4) is 0 Å². The summed E-state index contributed by atoms with van der Waals surface area (Å²) in [5, 5.41) is 7.07. The minimum Gasteiger partial charge on any atom is -0.490 e. The van der Waals surface area contributed by atoms with Gasteiger partial charge in [-0.1, -0.05) is 59.6 Å². The quantitative estimate of drug-likeness (QED) is 0.259. The van der Waals surface area contributed by atoms with E-state index in [1.807, 2.05) is 81.4 Å². The molecule has 0 aliphatic rings. The van der Waals surface area contributed by atoms with E-state index in [1.54, 1.807) is 0 Å². The van der Waals surface area contributed by atoms with Crippen molar-refractivity contribution in [1.29, 1.82) is 0 Å². The Labute approximate surface area is 214 Å². The maximum Gasteiger partial charge on any atom is 0.224 e. The van der Waals surface area contributed by atoms with Gasteiger partial charge in [-0.25, -0.2) is 0 Å². The Morgan fingerprint density at radius 1 is 1.00 bits per heavy atom. The van der Waals surface area contributed by atoms with E-state index in [-0.39, 0.29) is 5.91 Å². The summed E-state index contributed by atoms with van der Waals surface area (Å²) in [6.45, 7) is 7.52. The molecular formula is C27H30BrClN2O3. The summed E-state index contributed by atoms with van der Waals surface area (Å²) in [5.41, 5.74) is 3.73. The molecule has 0 radical (unpaired) electrons. The lowest BCUT2D eigenvalue weighted by Gasteiger charge is -2.16. The molecule has 3 rings (SSSR count). The number of hydrogen-bond donors (Lipinski definition) is 2. The number of carbonyl (C=O) groups is 1. The second-order valence-corrected chi connectivity index (χ2v) is 9.61. The fraction of sp³-hybridized carbons (Fsp3) is 0.296. The summed E-state index contributed by atoms with van der Waals surface area (Å²) in [6.07, 6.45) is 0.497. The van der Waals surface area contributed by atoms with E-state index in [9.17, 15) is 4.79 Å². The molecule has 34 heavy (non-hydrogen) atoms. The minimum atomic E-state index is 0.0189. The third-order valence-electron chi connectivity index (χ3n) is 4.94. The standard InChI is InChI=1S/C27H30BrClN2O3/c1-4-33-25-13-20(24(28)15-26(25)34-17-19-8-10-21(29)11-9-19)16-30-22-6-5-7-23(14-22)31-27(32)12-18(2)3/h5-11,13-15,18,30H,4,12,16-17H2,1-3H3,(H,31,32). The number of hydrogen-bond acceptors (Lipinski definition) is 4. The third-order valence-corrected chi connectivity index (χ3v) is 5.93. The van der Waals surface area contributed by atoms with Gasteiger partial charge in [0.05, 0.1) is 6.61 Å². The molecular weight excluding hydrogens is 516 g/mol. The zero-order chi connectivity index (χ0) is 24.5. The van der Waals surface area contributed by atoms with Gasteiger partial charge in [0.25, 0.3) is 0 Å². The Kier molecular flexibility index (Phi) is 9.66. The molecule has 2 N–H and O–H groups in total. The highest BCUT2D eigenvalue weighted by Crippen LogP contribution is 2.35. The predicted octanol–water partition coefficient (Wildman–Crippen LogP) is 7.68. The zero-order valence-corrected chi connectivity index (χ0v) is 22.0. The molecule has 0 unspecified atom stereocenters. The van der Waals surface area contributed by atoms with Crippen LogP contribution in [0.25, 0.3) is 0 Å². The first kappa shape index (κ1) is 25.9. The summed E-state index contributed by atoms with van der Waals surface area (Å²) >= 11 is 9.63. The second kappa shape index (κ2) is 12.7. The molecule has 3 aromatic carbocycles. The summed E-state index contributed by atoms with van der Waals surface area (Å²) in [4.78, 5) is 12.1. The van der Waals surface area contributed by atoms with Crippen molar-refractivity contribution in [1.82, 2.24) is 0 Å². The summed E-state index contributed by atoms with van der Waals surface area (Å²) < 4.78 is 12.8. The lowest BCUT2D eigenvalue weighted by Crippen LogP contribution is -2.14. The molecule has 0 aromatic heterocycles. The number of anilines is 2. The maximum atomic E-state index is 12.1. The average molecular weight is 546 g/mol. The van der Waals surface area contributed by atoms with Crippen LogP contribution < -0.4 is 20.1 Å². The van der Waals surface area contributed by atoms with Gasteiger partial charge in [0, 0.05) is 33.8 Å². The van der Waals surface area contributed by atoms with Gasteiger partial charge in [0.2, 0.25) is 5.91 Å². The Morgan fingerprint density at radius 3 is 2.41 bits per heavy atom. The van der Waals surface area contributed by atoms with Crippen molar-refractivity contribution in [3.63, 3.8) is 0 Å². The number of rotatable bonds is 11. The first-order chi connectivity index (χ1) is 16.3. The number of amides is 1. The molecule has 0 saturated carbocycles. The second-order valence-electron chi connectivity index (χ2n) is 8.32. The van der Waals surface area contributed by atoms with Crippen molar-refractivity contribution in [2.75, 3.05) is 17.2 Å². The Morgan fingerprint density at radius 2 is 1.71 bits per heavy atom. The van der Waals surface area contributed by atoms with E-state index in [2.05, 4.69) is 26.6 Å². The van der Waals surface area contributed by atoms with Gasteiger partial charge in [-0.05, 0) is 66.4 Å². The first-order valence-corrected chi connectivity index (χ1v) is 12.5. The SMILES string of the molecule is CCOc1cc(CNc2cccc(NC(=O)CC(C)C)c2)c(Br)cc1OCc1ccc(Cl)cc1. The van der Waals surface area contributed by atoms with Crippen LogP contribution in [-0.4, -0.2) is 12.5 Å². The highest BCUT2D eigenvalue weighted by molar-refractivity contribution is 9.10. The van der Waals surface area contributed by atoms with Crippen molar-refractivity contribution in [3.8, 4) is 11.5 Å². The van der Waals surface area contributed by atoms with Crippen molar-refractivity contribution in [2.45, 2.75) is 40.3 Å². The molecule has 0 atom stereocenters. The Bertz CT molecular complexity index is 1100. The highest BCUT2D eigenvalue weighted by atomic mass is 79.9. The number of nitrogens with one attached hydrogen (secondary N) is 2. The molecule has 3 aromatic rings. The molecule has 180 valence electrons. The minimum absolute atomic E-state index is 0.0189. The molecule has 5 nitrogen and oxygen atoms in total. The van der Waals surface area contributed by atoms with Crippen molar-refractivity contribution < 1.29 is 14.3 Å². The van der Waals surface area contributed by atoms with Gasteiger partial charge >= 0.3 is 0 Å². The number of ether oxygens (including phenoxy) is 2. The van der Waals surface area contributed by atoms with E-state index < -0.39 is 0 Å². The maximum absolute atomic E-state index is 12.1. The van der Waals surface area contributed by atoms with Crippen LogP contribution in [0.1, 0.15) is 38.3 Å². The number of carbonyl (C=O) groups excluding carboxylic acids is 1. The molecule has 0 bridgehead atoms. The van der Waals surface area contributed by atoms with Gasteiger partial charge in [-0.15, -0.1) is 0 Å². The first-order valence-electron chi connectivity index (χ1n) is 11.3. The van der Waals surface area contributed by atoms with Crippen LogP contribution in [0.15, 0.2) is 65.1 Å². The van der Waals surface area contributed by atoms with Crippen LogP contribution in [0, 0.1) is 5.92 Å². The van der Waals surface area contributed by atoms with Gasteiger partial charge in [-0.3, -0.25) is 4.79 Å². The fourth-order valence-corrected chi connectivity index (χ4v) is 3.91.